The van der Waals surface area contributed by atoms with Gasteiger partial charge in [-0.25, -0.2) is 4.79 Å². The molecule has 1 aliphatic heterocycles. The van der Waals surface area contributed by atoms with Gasteiger partial charge in [0.05, 0.1) is 19.1 Å². The summed E-state index contributed by atoms with van der Waals surface area (Å²) >= 11 is 6.70. The van der Waals surface area contributed by atoms with Crippen molar-refractivity contribution in [2.75, 3.05) is 14.2 Å². The number of amides is 2. The van der Waals surface area contributed by atoms with Crippen molar-refractivity contribution in [3.8, 4) is 5.75 Å². The van der Waals surface area contributed by atoms with Crippen LogP contribution in [0.3, 0.4) is 0 Å². The number of ether oxygens (including phenoxy) is 2. The minimum absolute atomic E-state index is 0.186. The minimum Gasteiger partial charge on any atom is -0.496 e. The van der Waals surface area contributed by atoms with Crippen molar-refractivity contribution < 1.29 is 23.9 Å². The molecule has 8 heteroatoms. The Morgan fingerprint density at radius 2 is 2.04 bits per heavy atom. The highest BCUT2D eigenvalue weighted by molar-refractivity contribution is 8.18. The number of thioether (sulfide) groups is 1. The first-order valence-corrected chi connectivity index (χ1v) is 7.77. The number of esters is 1. The molecular weight excluding hydrogens is 342 g/mol. The monoisotopic (exact) mass is 355 g/mol. The first kappa shape index (κ1) is 17.4. The van der Waals surface area contributed by atoms with Crippen molar-refractivity contribution in [3.63, 3.8) is 0 Å². The van der Waals surface area contributed by atoms with Crippen LogP contribution >= 0.6 is 23.4 Å². The Morgan fingerprint density at radius 1 is 1.35 bits per heavy atom. The highest BCUT2D eigenvalue weighted by atomic mass is 35.5. The second-order valence-electron chi connectivity index (χ2n) is 4.64. The smallest absolute Gasteiger partial charge is 0.328 e. The van der Waals surface area contributed by atoms with E-state index in [-0.39, 0.29) is 4.91 Å². The van der Waals surface area contributed by atoms with Gasteiger partial charge in [0.25, 0.3) is 11.1 Å². The number of hydrogen-bond acceptors (Lipinski definition) is 6. The molecule has 2 rings (SSSR count). The lowest BCUT2D eigenvalue weighted by molar-refractivity contribution is -0.148. The zero-order chi connectivity index (χ0) is 17.1. The molecule has 0 saturated carbocycles. The third-order valence-corrected chi connectivity index (χ3v) is 4.35. The summed E-state index contributed by atoms with van der Waals surface area (Å²) in [5.74, 6) is -0.698. The Kier molecular flexibility index (Phi) is 5.33. The number of imide groups is 1. The lowest BCUT2D eigenvalue weighted by atomic mass is 10.1. The molecule has 1 aromatic rings. The summed E-state index contributed by atoms with van der Waals surface area (Å²) in [4.78, 5) is 37.1. The van der Waals surface area contributed by atoms with E-state index in [9.17, 15) is 14.4 Å². The molecule has 6 nitrogen and oxygen atoms in total. The van der Waals surface area contributed by atoms with Crippen LogP contribution in [0, 0.1) is 0 Å². The van der Waals surface area contributed by atoms with Crippen LogP contribution in [0.1, 0.15) is 12.5 Å². The largest absolute Gasteiger partial charge is 0.496 e. The van der Waals surface area contributed by atoms with Gasteiger partial charge < -0.3 is 9.47 Å². The Labute approximate surface area is 142 Å². The molecule has 1 aliphatic rings. The molecule has 0 bridgehead atoms. The van der Waals surface area contributed by atoms with Crippen molar-refractivity contribution >= 4 is 46.6 Å². The van der Waals surface area contributed by atoms with Crippen LogP contribution < -0.4 is 4.74 Å². The molecule has 1 heterocycles. The maximum absolute atomic E-state index is 12.4. The molecule has 0 N–H and O–H groups in total. The van der Waals surface area contributed by atoms with Crippen molar-refractivity contribution in [3.05, 3.63) is 33.7 Å². The lowest BCUT2D eigenvalue weighted by Gasteiger charge is -2.18. The van der Waals surface area contributed by atoms with Gasteiger partial charge >= 0.3 is 5.97 Å². The predicted molar refractivity (Wildman–Crippen MR) is 87.3 cm³/mol. The summed E-state index contributed by atoms with van der Waals surface area (Å²) in [5.41, 5.74) is 0.566. The third-order valence-electron chi connectivity index (χ3n) is 3.23. The molecule has 1 aromatic carbocycles. The van der Waals surface area contributed by atoms with Crippen molar-refractivity contribution in [2.45, 2.75) is 13.0 Å². The van der Waals surface area contributed by atoms with Gasteiger partial charge in [-0.3, -0.25) is 14.5 Å². The molecule has 23 heavy (non-hydrogen) atoms. The summed E-state index contributed by atoms with van der Waals surface area (Å²) in [6, 6.07) is 3.95. The third kappa shape index (κ3) is 3.51. The van der Waals surface area contributed by atoms with Crippen LogP contribution in [0.5, 0.6) is 5.75 Å². The fourth-order valence-corrected chi connectivity index (χ4v) is 3.13. The predicted octanol–water partition coefficient (Wildman–Crippen LogP) is 2.95. The van der Waals surface area contributed by atoms with Crippen LogP contribution in [0.4, 0.5) is 4.79 Å². The van der Waals surface area contributed by atoms with E-state index in [0.717, 1.165) is 16.7 Å². The molecule has 0 radical (unpaired) electrons. The summed E-state index contributed by atoms with van der Waals surface area (Å²) in [6.45, 7) is 1.44. The molecule has 1 fully saturated rings. The number of methoxy groups -OCH3 is 2. The van der Waals surface area contributed by atoms with Gasteiger partial charge in [0.1, 0.15) is 11.8 Å². The molecule has 2 amide bonds. The van der Waals surface area contributed by atoms with Crippen molar-refractivity contribution in [2.24, 2.45) is 0 Å². The van der Waals surface area contributed by atoms with E-state index in [1.54, 1.807) is 18.2 Å². The molecule has 1 unspecified atom stereocenters. The Hall–Kier alpha value is -1.99. The van der Waals surface area contributed by atoms with E-state index in [1.165, 1.54) is 27.2 Å². The Bertz CT molecular complexity index is 703. The Balaban J connectivity index is 2.36. The van der Waals surface area contributed by atoms with Gasteiger partial charge in [-0.15, -0.1) is 0 Å². The molecular formula is C15H14ClNO5S. The molecule has 0 aromatic heterocycles. The minimum atomic E-state index is -0.986. The van der Waals surface area contributed by atoms with Gasteiger partial charge in [0, 0.05) is 10.6 Å². The van der Waals surface area contributed by atoms with Crippen molar-refractivity contribution in [1.29, 1.82) is 0 Å². The maximum atomic E-state index is 12.4. The van der Waals surface area contributed by atoms with Gasteiger partial charge in [-0.2, -0.15) is 0 Å². The molecule has 0 spiro atoms. The topological polar surface area (TPSA) is 72.9 Å². The number of halogens is 1. The quantitative estimate of drug-likeness (QED) is 0.610. The first-order valence-electron chi connectivity index (χ1n) is 6.57. The molecule has 1 atom stereocenters. The van der Waals surface area contributed by atoms with Crippen LogP contribution in [-0.2, 0) is 14.3 Å². The number of nitrogens with zero attached hydrogens (tertiary/aromatic N) is 1. The zero-order valence-corrected chi connectivity index (χ0v) is 14.2. The number of benzene rings is 1. The fraction of sp³-hybridized carbons (Fsp3) is 0.267. The zero-order valence-electron chi connectivity index (χ0n) is 12.7. The normalized spacial score (nSPS) is 17.6. The summed E-state index contributed by atoms with van der Waals surface area (Å²) in [5, 5.41) is -0.0562. The average Bonchev–Trinajstić information content (AvgIpc) is 2.80. The molecule has 1 saturated heterocycles. The second-order valence-corrected chi connectivity index (χ2v) is 6.07. The van der Waals surface area contributed by atoms with Gasteiger partial charge in [0.2, 0.25) is 0 Å². The first-order chi connectivity index (χ1) is 10.9. The van der Waals surface area contributed by atoms with E-state index < -0.39 is 23.2 Å². The number of hydrogen-bond donors (Lipinski definition) is 0. The second kappa shape index (κ2) is 7.06. The van der Waals surface area contributed by atoms with Crippen molar-refractivity contribution in [1.82, 2.24) is 4.90 Å². The Morgan fingerprint density at radius 3 is 2.65 bits per heavy atom. The van der Waals surface area contributed by atoms with E-state index in [2.05, 4.69) is 4.74 Å². The fourth-order valence-electron chi connectivity index (χ4n) is 2.05. The van der Waals surface area contributed by atoms with E-state index in [1.807, 2.05) is 0 Å². The van der Waals surface area contributed by atoms with E-state index >= 15 is 0 Å². The number of rotatable bonds is 4. The number of carbonyl (C=O) groups is 3. The maximum Gasteiger partial charge on any atom is 0.328 e. The SMILES string of the molecule is COC(=O)C(C)N1C(=O)S/C(=C\c2cc(Cl)ccc2OC)C1=O. The summed E-state index contributed by atoms with van der Waals surface area (Å²) in [7, 11) is 2.69. The molecule has 0 aliphatic carbocycles. The van der Waals surface area contributed by atoms with Gasteiger partial charge in [-0.05, 0) is 43.0 Å². The van der Waals surface area contributed by atoms with E-state index in [4.69, 9.17) is 16.3 Å². The average molecular weight is 356 g/mol. The highest BCUT2D eigenvalue weighted by Crippen LogP contribution is 2.35. The van der Waals surface area contributed by atoms with E-state index in [0.29, 0.717) is 16.3 Å². The van der Waals surface area contributed by atoms with Crippen LogP contribution in [-0.4, -0.2) is 42.3 Å². The lowest BCUT2D eigenvalue weighted by Crippen LogP contribution is -2.42. The standard InChI is InChI=1S/C15H14ClNO5S/c1-8(14(19)22-3)17-13(18)12(23-15(17)20)7-9-6-10(16)4-5-11(9)21-2/h4-8H,1-3H3/b12-7-. The van der Waals surface area contributed by atoms with Gasteiger partial charge in [0.15, 0.2) is 0 Å². The summed E-state index contributed by atoms with van der Waals surface area (Å²) in [6.07, 6.45) is 1.51. The van der Waals surface area contributed by atoms with Crippen LogP contribution in [0.25, 0.3) is 6.08 Å². The van der Waals surface area contributed by atoms with Crippen LogP contribution in [0.2, 0.25) is 5.02 Å². The molecule has 122 valence electrons. The highest BCUT2D eigenvalue weighted by Gasteiger charge is 2.41. The summed E-state index contributed by atoms with van der Waals surface area (Å²) < 4.78 is 9.78. The van der Waals surface area contributed by atoms with Gasteiger partial charge in [-0.1, -0.05) is 11.6 Å². The van der Waals surface area contributed by atoms with Crippen LogP contribution in [0.15, 0.2) is 23.1 Å². The number of carbonyl (C=O) groups excluding carboxylic acids is 3.